The number of ether oxygens (including phenoxy) is 1. The number of nitrogens with zero attached hydrogens (tertiary/aromatic N) is 1. The zero-order valence-corrected chi connectivity index (χ0v) is 15.0. The number of hydrogen-bond donors (Lipinski definition) is 2. The number of carbonyl (C=O) groups excluding carboxylic acids is 1. The van der Waals surface area contributed by atoms with Crippen molar-refractivity contribution < 1.29 is 24.0 Å². The summed E-state index contributed by atoms with van der Waals surface area (Å²) in [5.41, 5.74) is 1.59. The van der Waals surface area contributed by atoms with E-state index in [4.69, 9.17) is 20.9 Å². The molecule has 2 unspecified atom stereocenters. The largest absolute Gasteiger partial charge is 0.495 e. The third kappa shape index (κ3) is 3.93. The molecule has 0 saturated carbocycles. The lowest BCUT2D eigenvalue weighted by molar-refractivity contribution is -0.142. The molecule has 1 aromatic heterocycles. The van der Waals surface area contributed by atoms with Crippen molar-refractivity contribution in [3.63, 3.8) is 0 Å². The number of carbonyl (C=O) groups is 2. The Balaban J connectivity index is 2.26. The van der Waals surface area contributed by atoms with E-state index in [1.165, 1.54) is 13.2 Å². The average molecular weight is 367 g/mol. The van der Waals surface area contributed by atoms with E-state index in [2.05, 4.69) is 10.5 Å². The summed E-state index contributed by atoms with van der Waals surface area (Å²) in [7, 11) is 1.46. The second kappa shape index (κ2) is 7.57. The van der Waals surface area contributed by atoms with Gasteiger partial charge >= 0.3 is 5.97 Å². The highest BCUT2D eigenvalue weighted by Gasteiger charge is 2.28. The lowest BCUT2D eigenvalue weighted by Gasteiger charge is -2.19. The van der Waals surface area contributed by atoms with Gasteiger partial charge in [0.25, 0.3) is 0 Å². The number of benzene rings is 1. The maximum absolute atomic E-state index is 12.5. The quantitative estimate of drug-likeness (QED) is 0.814. The number of halogens is 1. The van der Waals surface area contributed by atoms with Gasteiger partial charge in [-0.15, -0.1) is 0 Å². The molecule has 2 atom stereocenters. The molecule has 8 heteroatoms. The van der Waals surface area contributed by atoms with E-state index in [1.54, 1.807) is 32.9 Å². The molecule has 1 amide bonds. The second-order valence-electron chi connectivity index (χ2n) is 5.63. The van der Waals surface area contributed by atoms with Crippen molar-refractivity contribution in [1.82, 2.24) is 10.5 Å². The van der Waals surface area contributed by atoms with Crippen LogP contribution >= 0.6 is 11.6 Å². The molecule has 0 fully saturated rings. The zero-order chi connectivity index (χ0) is 18.7. The van der Waals surface area contributed by atoms with Crippen LogP contribution in [0.2, 0.25) is 5.02 Å². The first kappa shape index (κ1) is 18.8. The summed E-state index contributed by atoms with van der Waals surface area (Å²) >= 11 is 6.05. The smallest absolute Gasteiger partial charge is 0.330 e. The molecule has 2 N–H and O–H groups in total. The van der Waals surface area contributed by atoms with Gasteiger partial charge in [0, 0.05) is 5.56 Å². The molecule has 0 bridgehead atoms. The number of carboxylic acids is 1. The Hall–Kier alpha value is -2.54. The van der Waals surface area contributed by atoms with Gasteiger partial charge in [-0.3, -0.25) is 4.79 Å². The number of aliphatic carboxylic acids is 1. The average Bonchev–Trinajstić information content (AvgIpc) is 2.90. The van der Waals surface area contributed by atoms with Crippen molar-refractivity contribution in [3.05, 3.63) is 45.8 Å². The molecule has 2 rings (SSSR count). The van der Waals surface area contributed by atoms with Gasteiger partial charge < -0.3 is 19.7 Å². The van der Waals surface area contributed by atoms with Gasteiger partial charge in [0.2, 0.25) is 5.91 Å². The molecule has 134 valence electrons. The minimum atomic E-state index is -1.24. The van der Waals surface area contributed by atoms with Crippen LogP contribution in [0.5, 0.6) is 5.75 Å². The van der Waals surface area contributed by atoms with E-state index in [0.29, 0.717) is 28.3 Å². The summed E-state index contributed by atoms with van der Waals surface area (Å²) in [6.07, 6.45) is 0. The van der Waals surface area contributed by atoms with Crippen molar-refractivity contribution in [3.8, 4) is 5.75 Å². The Kier molecular flexibility index (Phi) is 5.69. The summed E-state index contributed by atoms with van der Waals surface area (Å²) in [5, 5.41) is 16.1. The van der Waals surface area contributed by atoms with Gasteiger partial charge in [-0.05, 0) is 38.5 Å². The highest BCUT2D eigenvalue weighted by atomic mass is 35.5. The molecular formula is C17H19ClN2O5. The van der Waals surface area contributed by atoms with Crippen LogP contribution in [-0.4, -0.2) is 29.2 Å². The summed E-state index contributed by atoms with van der Waals surface area (Å²) in [5.74, 6) is -1.31. The minimum absolute atomic E-state index is 0.263. The number of amides is 1. The van der Waals surface area contributed by atoms with Crippen molar-refractivity contribution in [2.24, 2.45) is 0 Å². The lowest BCUT2D eigenvalue weighted by Crippen LogP contribution is -2.36. The number of carboxylic acid groups (broad SMARTS) is 1. The highest BCUT2D eigenvalue weighted by molar-refractivity contribution is 6.32. The number of hydrogen-bond acceptors (Lipinski definition) is 5. The predicted molar refractivity (Wildman–Crippen MR) is 90.9 cm³/mol. The SMILES string of the molecule is COc1ccc(C(NC(=O)C(C)c2c(C)noc2C)C(=O)O)cc1Cl. The summed E-state index contributed by atoms with van der Waals surface area (Å²) in [6.45, 7) is 5.10. The van der Waals surface area contributed by atoms with Crippen LogP contribution in [0.15, 0.2) is 22.7 Å². The molecule has 0 saturated heterocycles. The van der Waals surface area contributed by atoms with Gasteiger partial charge in [0.1, 0.15) is 11.5 Å². The fourth-order valence-corrected chi connectivity index (χ4v) is 2.92. The van der Waals surface area contributed by atoms with E-state index in [-0.39, 0.29) is 5.02 Å². The molecule has 1 heterocycles. The molecule has 25 heavy (non-hydrogen) atoms. The molecule has 0 aliphatic heterocycles. The van der Waals surface area contributed by atoms with Gasteiger partial charge in [-0.1, -0.05) is 22.8 Å². The van der Waals surface area contributed by atoms with Crippen molar-refractivity contribution in [2.75, 3.05) is 7.11 Å². The molecule has 7 nitrogen and oxygen atoms in total. The first-order valence-corrected chi connectivity index (χ1v) is 7.93. The van der Waals surface area contributed by atoms with Crippen LogP contribution in [0.25, 0.3) is 0 Å². The molecule has 2 aromatic rings. The van der Waals surface area contributed by atoms with Crippen LogP contribution in [0.4, 0.5) is 0 Å². The standard InChI is InChI=1S/C17H19ClN2O5/c1-8(14-9(2)20-25-10(14)3)16(21)19-15(17(22)23)11-5-6-13(24-4)12(18)7-11/h5-8,15H,1-4H3,(H,19,21)(H,22,23). The Morgan fingerprint density at radius 2 is 2.04 bits per heavy atom. The van der Waals surface area contributed by atoms with Crippen LogP contribution in [0.1, 0.15) is 41.5 Å². The van der Waals surface area contributed by atoms with E-state index in [9.17, 15) is 14.7 Å². The summed E-state index contributed by atoms with van der Waals surface area (Å²) < 4.78 is 10.1. The van der Waals surface area contributed by atoms with E-state index in [1.807, 2.05) is 0 Å². The van der Waals surface area contributed by atoms with Gasteiger partial charge in [-0.25, -0.2) is 4.79 Å². The minimum Gasteiger partial charge on any atom is -0.495 e. The van der Waals surface area contributed by atoms with Crippen LogP contribution < -0.4 is 10.1 Å². The molecule has 0 spiro atoms. The highest BCUT2D eigenvalue weighted by Crippen LogP contribution is 2.29. The second-order valence-corrected chi connectivity index (χ2v) is 6.04. The number of methoxy groups -OCH3 is 1. The Morgan fingerprint density at radius 1 is 1.36 bits per heavy atom. The number of rotatable bonds is 6. The topological polar surface area (TPSA) is 102 Å². The number of nitrogens with one attached hydrogen (secondary N) is 1. The summed E-state index contributed by atoms with van der Waals surface area (Å²) in [6, 6.07) is 3.32. The van der Waals surface area contributed by atoms with Crippen LogP contribution in [-0.2, 0) is 9.59 Å². The monoisotopic (exact) mass is 366 g/mol. The van der Waals surface area contributed by atoms with Crippen molar-refractivity contribution in [2.45, 2.75) is 32.7 Å². The Morgan fingerprint density at radius 3 is 2.52 bits per heavy atom. The first-order valence-electron chi connectivity index (χ1n) is 7.55. The number of aryl methyl sites for hydroxylation is 2. The first-order chi connectivity index (χ1) is 11.8. The zero-order valence-electron chi connectivity index (χ0n) is 14.3. The van der Waals surface area contributed by atoms with Gasteiger partial charge in [-0.2, -0.15) is 0 Å². The van der Waals surface area contributed by atoms with E-state index in [0.717, 1.165) is 0 Å². The van der Waals surface area contributed by atoms with E-state index >= 15 is 0 Å². The molecule has 0 aliphatic rings. The molecule has 0 aliphatic carbocycles. The third-order valence-corrected chi connectivity index (χ3v) is 4.25. The third-order valence-electron chi connectivity index (χ3n) is 3.96. The Labute approximate surface area is 149 Å². The van der Waals surface area contributed by atoms with Crippen molar-refractivity contribution >= 4 is 23.5 Å². The van der Waals surface area contributed by atoms with E-state index < -0.39 is 23.8 Å². The maximum atomic E-state index is 12.5. The summed E-state index contributed by atoms with van der Waals surface area (Å²) in [4.78, 5) is 24.2. The molecule has 1 aromatic carbocycles. The van der Waals surface area contributed by atoms with Gasteiger partial charge in [0.05, 0.1) is 23.7 Å². The van der Waals surface area contributed by atoms with Gasteiger partial charge in [0.15, 0.2) is 6.04 Å². The lowest BCUT2D eigenvalue weighted by atomic mass is 9.97. The fourth-order valence-electron chi connectivity index (χ4n) is 2.66. The van der Waals surface area contributed by atoms with Crippen LogP contribution in [0.3, 0.4) is 0 Å². The molecule has 0 radical (unpaired) electrons. The normalized spacial score (nSPS) is 13.2. The molecular weight excluding hydrogens is 348 g/mol. The fraction of sp³-hybridized carbons (Fsp3) is 0.353. The van der Waals surface area contributed by atoms with Crippen LogP contribution in [0, 0.1) is 13.8 Å². The number of aromatic nitrogens is 1. The Bertz CT molecular complexity index is 783. The predicted octanol–water partition coefficient (Wildman–Crippen LogP) is 3.00. The maximum Gasteiger partial charge on any atom is 0.330 e. The van der Waals surface area contributed by atoms with Crippen molar-refractivity contribution in [1.29, 1.82) is 0 Å².